The molecule has 3 aromatic heterocycles. The van der Waals surface area contributed by atoms with Gasteiger partial charge in [0.15, 0.2) is 5.82 Å². The first kappa shape index (κ1) is 22.0. The van der Waals surface area contributed by atoms with Crippen LogP contribution in [0.15, 0.2) is 53.0 Å². The van der Waals surface area contributed by atoms with Gasteiger partial charge in [0.2, 0.25) is 0 Å². The van der Waals surface area contributed by atoms with Gasteiger partial charge in [-0.2, -0.15) is 13.2 Å². The Balaban J connectivity index is 1.28. The number of amides is 2. The summed E-state index contributed by atoms with van der Waals surface area (Å²) in [6.07, 6.45) is 0.277. The fraction of sp³-hybridized carbons (Fsp3) is 0.158. The van der Waals surface area contributed by atoms with Gasteiger partial charge < -0.3 is 15.2 Å². The molecule has 0 unspecified atom stereocenters. The summed E-state index contributed by atoms with van der Waals surface area (Å²) in [7, 11) is 0. The van der Waals surface area contributed by atoms with Crippen LogP contribution in [0, 0.1) is 0 Å². The molecule has 8 nitrogen and oxygen atoms in total. The molecule has 32 heavy (non-hydrogen) atoms. The second-order valence-corrected chi connectivity index (χ2v) is 9.00. The molecule has 0 aliphatic heterocycles. The van der Waals surface area contributed by atoms with Crippen molar-refractivity contribution in [3.05, 3.63) is 58.5 Å². The van der Waals surface area contributed by atoms with E-state index in [0.717, 1.165) is 32.0 Å². The van der Waals surface area contributed by atoms with Crippen LogP contribution >= 0.6 is 27.3 Å². The number of nitrogens with one attached hydrogen (secondary N) is 3. The molecule has 4 aromatic rings. The predicted molar refractivity (Wildman–Crippen MR) is 120 cm³/mol. The van der Waals surface area contributed by atoms with Gasteiger partial charge in [0.05, 0.1) is 25.9 Å². The maximum absolute atomic E-state index is 12.6. The molecule has 0 radical (unpaired) electrons. The number of carbonyl (C=O) groups is 1. The second-order valence-electron chi connectivity index (χ2n) is 6.56. The van der Waals surface area contributed by atoms with E-state index < -0.39 is 17.8 Å². The third-order valence-electron chi connectivity index (χ3n) is 4.29. The number of rotatable bonds is 6. The van der Waals surface area contributed by atoms with Crippen molar-refractivity contribution in [1.82, 2.24) is 19.5 Å². The van der Waals surface area contributed by atoms with Gasteiger partial charge in [0.1, 0.15) is 12.1 Å². The van der Waals surface area contributed by atoms with Crippen LogP contribution in [-0.4, -0.2) is 32.1 Å². The van der Waals surface area contributed by atoms with Crippen molar-refractivity contribution < 1.29 is 18.0 Å². The Kier molecular flexibility index (Phi) is 6.28. The lowest BCUT2D eigenvalue weighted by Crippen LogP contribution is -2.19. The Hall–Kier alpha value is -3.19. The van der Waals surface area contributed by atoms with Crippen molar-refractivity contribution in [1.29, 1.82) is 0 Å². The van der Waals surface area contributed by atoms with Crippen molar-refractivity contribution in [2.75, 3.05) is 22.5 Å². The maximum atomic E-state index is 12.6. The highest BCUT2D eigenvalue weighted by molar-refractivity contribution is 9.11. The normalized spacial score (nSPS) is 11.5. The van der Waals surface area contributed by atoms with E-state index >= 15 is 0 Å². The van der Waals surface area contributed by atoms with Crippen molar-refractivity contribution in [3.8, 4) is 0 Å². The van der Waals surface area contributed by atoms with Crippen LogP contribution < -0.4 is 16.0 Å². The van der Waals surface area contributed by atoms with E-state index in [0.29, 0.717) is 18.9 Å². The molecule has 3 heterocycles. The van der Waals surface area contributed by atoms with Gasteiger partial charge in [0.25, 0.3) is 0 Å². The van der Waals surface area contributed by atoms with E-state index in [1.807, 2.05) is 6.07 Å². The lowest BCUT2D eigenvalue weighted by molar-refractivity contribution is -0.137. The Morgan fingerprint density at radius 2 is 1.91 bits per heavy atom. The average Bonchev–Trinajstić information content (AvgIpc) is 3.33. The third kappa shape index (κ3) is 5.34. The van der Waals surface area contributed by atoms with Crippen molar-refractivity contribution in [2.24, 2.45) is 0 Å². The van der Waals surface area contributed by atoms with Crippen molar-refractivity contribution in [2.45, 2.75) is 12.7 Å². The van der Waals surface area contributed by atoms with Crippen molar-refractivity contribution >= 4 is 60.8 Å². The van der Waals surface area contributed by atoms with E-state index in [4.69, 9.17) is 0 Å². The highest BCUT2D eigenvalue weighted by atomic mass is 79.9. The molecule has 0 atom stereocenters. The molecule has 0 bridgehead atoms. The van der Waals surface area contributed by atoms with Crippen LogP contribution in [-0.2, 0) is 12.7 Å². The highest BCUT2D eigenvalue weighted by Crippen LogP contribution is 2.32. The zero-order valence-electron chi connectivity index (χ0n) is 16.2. The Morgan fingerprint density at radius 3 is 2.66 bits per heavy atom. The number of fused-ring (bicyclic) bond motifs is 1. The van der Waals surface area contributed by atoms with Crippen LogP contribution in [0.4, 0.5) is 35.3 Å². The molecule has 13 heteroatoms. The summed E-state index contributed by atoms with van der Waals surface area (Å²) in [5.74, 6) is 1.04. The molecule has 0 saturated heterocycles. The third-order valence-corrected chi connectivity index (χ3v) is 5.92. The smallest absolute Gasteiger partial charge is 0.367 e. The number of urea groups is 1. The lowest BCUT2D eigenvalue weighted by Gasteiger charge is -2.09. The Bertz CT molecular complexity index is 1240. The first-order valence-electron chi connectivity index (χ1n) is 9.19. The summed E-state index contributed by atoms with van der Waals surface area (Å²) in [5.41, 5.74) is 0.299. The maximum Gasteiger partial charge on any atom is 0.416 e. The number of hydrogen-bond acceptors (Lipinski definition) is 6. The first-order valence-corrected chi connectivity index (χ1v) is 10.8. The Morgan fingerprint density at radius 1 is 1.12 bits per heavy atom. The Labute approximate surface area is 192 Å². The van der Waals surface area contributed by atoms with E-state index in [9.17, 15) is 18.0 Å². The minimum Gasteiger partial charge on any atom is -0.367 e. The van der Waals surface area contributed by atoms with Gasteiger partial charge in [-0.25, -0.2) is 19.7 Å². The number of alkyl halides is 3. The summed E-state index contributed by atoms with van der Waals surface area (Å²) in [6, 6.07) is 5.48. The fourth-order valence-electron chi connectivity index (χ4n) is 2.82. The summed E-state index contributed by atoms with van der Waals surface area (Å²) >= 11 is 4.98. The molecule has 3 N–H and O–H groups in total. The highest BCUT2D eigenvalue weighted by Gasteiger charge is 2.30. The summed E-state index contributed by atoms with van der Waals surface area (Å²) in [6.45, 7) is 1.13. The number of imidazole rings is 1. The molecule has 166 valence electrons. The zero-order chi connectivity index (χ0) is 22.7. The molecule has 4 rings (SSSR count). The molecular formula is C19H15BrF3N7OS. The van der Waals surface area contributed by atoms with Gasteiger partial charge in [0, 0.05) is 25.0 Å². The van der Waals surface area contributed by atoms with E-state index in [2.05, 4.69) is 46.8 Å². The summed E-state index contributed by atoms with van der Waals surface area (Å²) in [5, 5.41) is 8.27. The van der Waals surface area contributed by atoms with Gasteiger partial charge in [-0.3, -0.25) is 5.32 Å². The van der Waals surface area contributed by atoms with Gasteiger partial charge in [-0.05, 0) is 46.3 Å². The van der Waals surface area contributed by atoms with E-state index in [-0.39, 0.29) is 5.69 Å². The SMILES string of the molecule is O=C(Nc1ccc(C(F)(F)F)cc1)Nc1cn(CCNc2ncnc3cc(Br)sc23)cn1. The van der Waals surface area contributed by atoms with Crippen molar-refractivity contribution in [3.63, 3.8) is 0 Å². The van der Waals surface area contributed by atoms with Gasteiger partial charge in [-0.15, -0.1) is 11.3 Å². The standard InChI is InChI=1S/C19H15BrF3N7OS/c20-14-7-13-16(32-14)17(26-9-25-13)24-5-6-30-8-15(27-10-30)29-18(31)28-12-3-1-11(2-4-12)19(21,22)23/h1-4,7-10H,5-6H2,(H,24,25,26)(H2,28,29,31). The zero-order valence-corrected chi connectivity index (χ0v) is 18.6. The van der Waals surface area contributed by atoms with E-state index in [1.165, 1.54) is 29.8 Å². The number of anilines is 3. The van der Waals surface area contributed by atoms with Crippen LogP contribution in [0.5, 0.6) is 0 Å². The molecule has 1 aromatic carbocycles. The number of thiophene rings is 1. The number of carbonyl (C=O) groups excluding carboxylic acids is 1. The number of nitrogens with zero attached hydrogens (tertiary/aromatic N) is 4. The molecule has 2 amide bonds. The van der Waals surface area contributed by atoms with E-state index in [1.54, 1.807) is 17.1 Å². The van der Waals surface area contributed by atoms with Crippen LogP contribution in [0.3, 0.4) is 0 Å². The van der Waals surface area contributed by atoms with Gasteiger partial charge in [-0.1, -0.05) is 0 Å². The fourth-order valence-corrected chi connectivity index (χ4v) is 4.33. The topological polar surface area (TPSA) is 96.8 Å². The minimum atomic E-state index is -4.43. The average molecular weight is 526 g/mol. The number of halogens is 4. The molecular weight excluding hydrogens is 511 g/mol. The molecule has 0 fully saturated rings. The summed E-state index contributed by atoms with van der Waals surface area (Å²) in [4.78, 5) is 24.7. The molecule has 0 aliphatic rings. The van der Waals surface area contributed by atoms with Crippen LogP contribution in [0.2, 0.25) is 0 Å². The number of aromatic nitrogens is 4. The number of benzene rings is 1. The van der Waals surface area contributed by atoms with Gasteiger partial charge >= 0.3 is 12.2 Å². The van der Waals surface area contributed by atoms with Crippen LogP contribution in [0.1, 0.15) is 5.56 Å². The lowest BCUT2D eigenvalue weighted by atomic mass is 10.2. The quantitative estimate of drug-likeness (QED) is 0.312. The first-order chi connectivity index (χ1) is 15.3. The molecule has 0 spiro atoms. The number of hydrogen-bond donors (Lipinski definition) is 3. The molecule has 0 aliphatic carbocycles. The summed E-state index contributed by atoms with van der Waals surface area (Å²) < 4.78 is 41.5. The predicted octanol–water partition coefficient (Wildman–Crippen LogP) is 5.43. The largest absolute Gasteiger partial charge is 0.416 e. The second kappa shape index (κ2) is 9.12. The molecule has 0 saturated carbocycles. The monoisotopic (exact) mass is 525 g/mol. The van der Waals surface area contributed by atoms with Crippen LogP contribution in [0.25, 0.3) is 10.2 Å². The minimum absolute atomic E-state index is 0.232.